The lowest BCUT2D eigenvalue weighted by molar-refractivity contribution is 0.102. The number of ether oxygens (including phenoxy) is 1. The number of hydrogen-bond acceptors (Lipinski definition) is 9. The van der Waals surface area contributed by atoms with Crippen LogP contribution in [0.4, 0.5) is 11.8 Å². The summed E-state index contributed by atoms with van der Waals surface area (Å²) < 4.78 is 11.5. The van der Waals surface area contributed by atoms with Gasteiger partial charge in [0.2, 0.25) is 0 Å². The summed E-state index contributed by atoms with van der Waals surface area (Å²) in [6, 6.07) is 14.8. The number of aldehydes is 1. The number of benzene rings is 2. The number of pyridine rings is 1. The van der Waals surface area contributed by atoms with Crippen molar-refractivity contribution in [3.63, 3.8) is 0 Å². The molecule has 0 saturated carbocycles. The number of carbonyl (C=O) groups excluding carboxylic acids is 2. The monoisotopic (exact) mass is 502 g/mol. The summed E-state index contributed by atoms with van der Waals surface area (Å²) in [5, 5.41) is 7.24. The second-order valence-corrected chi connectivity index (χ2v) is 8.59. The highest BCUT2D eigenvalue weighted by Crippen LogP contribution is 2.28. The standard InChI is InChI=1S/C25H23N5O4.C2H7N/c1-29-9-11-30(12-10-29)25-27-22(16-33-25)24(32)28-23-14-20(7-8-26-23)34-19-5-6-21-17(13-19)3-2-4-18(21)15-31;1-3-2/h2-8,13-16H,9-12H2,1H3,(H,26,28,32);3H,1-2H3. The molecule has 1 aliphatic heterocycles. The number of nitrogens with zero attached hydrogens (tertiary/aromatic N) is 4. The fourth-order valence-electron chi connectivity index (χ4n) is 3.82. The fraction of sp³-hybridized carbons (Fsp3) is 0.259. The minimum atomic E-state index is -0.416. The lowest BCUT2D eigenvalue weighted by atomic mass is 10.1. The minimum absolute atomic E-state index is 0.183. The van der Waals surface area contributed by atoms with Gasteiger partial charge in [-0.2, -0.15) is 4.98 Å². The summed E-state index contributed by atoms with van der Waals surface area (Å²) in [6.45, 7) is 3.42. The van der Waals surface area contributed by atoms with E-state index in [1.807, 2.05) is 43.3 Å². The second-order valence-electron chi connectivity index (χ2n) is 8.59. The molecule has 0 spiro atoms. The number of rotatable bonds is 6. The SMILES string of the molecule is CN1CCN(c2nc(C(=O)Nc3cc(Oc4ccc5c(C=O)cccc5c4)ccn3)co2)CC1.CNC. The van der Waals surface area contributed by atoms with Crippen molar-refractivity contribution in [2.24, 2.45) is 0 Å². The average molecular weight is 503 g/mol. The first-order valence-electron chi connectivity index (χ1n) is 11.9. The smallest absolute Gasteiger partial charge is 0.298 e. The Morgan fingerprint density at radius 2 is 1.81 bits per heavy atom. The van der Waals surface area contributed by atoms with E-state index in [9.17, 15) is 9.59 Å². The van der Waals surface area contributed by atoms with Crippen LogP contribution in [0.3, 0.4) is 0 Å². The van der Waals surface area contributed by atoms with Crippen molar-refractivity contribution in [1.29, 1.82) is 0 Å². The molecule has 0 aliphatic carbocycles. The summed E-state index contributed by atoms with van der Waals surface area (Å²) in [5.74, 6) is 1.03. The fourth-order valence-corrected chi connectivity index (χ4v) is 3.82. The molecular formula is C27H30N6O4. The van der Waals surface area contributed by atoms with E-state index in [1.54, 1.807) is 30.5 Å². The Balaban J connectivity index is 0.00000102. The molecule has 2 aromatic heterocycles. The largest absolute Gasteiger partial charge is 0.457 e. The van der Waals surface area contributed by atoms with Gasteiger partial charge in [0.15, 0.2) is 12.0 Å². The van der Waals surface area contributed by atoms with Crippen molar-refractivity contribution in [3.8, 4) is 11.5 Å². The van der Waals surface area contributed by atoms with Gasteiger partial charge in [-0.1, -0.05) is 18.2 Å². The number of fused-ring (bicyclic) bond motifs is 1. The van der Waals surface area contributed by atoms with Crippen LogP contribution < -0.4 is 20.3 Å². The van der Waals surface area contributed by atoms with Crippen LogP contribution in [0.15, 0.2) is 65.4 Å². The van der Waals surface area contributed by atoms with Crippen LogP contribution >= 0.6 is 0 Å². The maximum atomic E-state index is 12.7. The molecule has 0 radical (unpaired) electrons. The summed E-state index contributed by atoms with van der Waals surface area (Å²) in [6.07, 6.45) is 3.74. The lowest BCUT2D eigenvalue weighted by Crippen LogP contribution is -2.44. The van der Waals surface area contributed by atoms with Crippen LogP contribution in [0, 0.1) is 0 Å². The maximum Gasteiger partial charge on any atom is 0.298 e. The van der Waals surface area contributed by atoms with Crippen molar-refractivity contribution in [1.82, 2.24) is 20.2 Å². The van der Waals surface area contributed by atoms with Crippen LogP contribution in [0.2, 0.25) is 0 Å². The van der Waals surface area contributed by atoms with E-state index in [1.165, 1.54) is 6.26 Å². The highest BCUT2D eigenvalue weighted by atomic mass is 16.5. The van der Waals surface area contributed by atoms with Gasteiger partial charge in [-0.15, -0.1) is 0 Å². The van der Waals surface area contributed by atoms with Gasteiger partial charge in [-0.3, -0.25) is 9.59 Å². The lowest BCUT2D eigenvalue weighted by Gasteiger charge is -2.31. The maximum absolute atomic E-state index is 12.7. The van der Waals surface area contributed by atoms with Crippen molar-refractivity contribution in [2.75, 3.05) is 57.5 Å². The average Bonchev–Trinajstić information content (AvgIpc) is 3.40. The Kier molecular flexibility index (Phi) is 8.44. The number of aromatic nitrogens is 2. The van der Waals surface area contributed by atoms with Crippen LogP contribution in [-0.4, -0.2) is 74.4 Å². The van der Waals surface area contributed by atoms with Gasteiger partial charge in [-0.25, -0.2) is 4.98 Å². The molecule has 37 heavy (non-hydrogen) atoms. The molecule has 0 unspecified atom stereocenters. The molecule has 1 amide bonds. The Hall–Kier alpha value is -4.28. The topological polar surface area (TPSA) is 113 Å². The molecule has 192 valence electrons. The molecule has 0 atom stereocenters. The van der Waals surface area contributed by atoms with Gasteiger partial charge < -0.3 is 29.6 Å². The molecule has 1 fully saturated rings. The Labute approximate surface area is 215 Å². The zero-order chi connectivity index (χ0) is 26.2. The van der Waals surface area contributed by atoms with Gasteiger partial charge in [0, 0.05) is 44.0 Å². The summed E-state index contributed by atoms with van der Waals surface area (Å²) in [7, 11) is 5.82. The third-order valence-electron chi connectivity index (χ3n) is 5.72. The van der Waals surface area contributed by atoms with Crippen LogP contribution in [0.5, 0.6) is 11.5 Å². The minimum Gasteiger partial charge on any atom is -0.457 e. The van der Waals surface area contributed by atoms with Crippen LogP contribution in [0.1, 0.15) is 20.8 Å². The molecule has 4 aromatic rings. The van der Waals surface area contributed by atoms with E-state index in [2.05, 4.69) is 32.5 Å². The Bertz CT molecular complexity index is 1360. The van der Waals surface area contributed by atoms with E-state index < -0.39 is 5.91 Å². The summed E-state index contributed by atoms with van der Waals surface area (Å²) in [4.78, 5) is 36.7. The van der Waals surface area contributed by atoms with Gasteiger partial charge in [-0.05, 0) is 56.2 Å². The number of carbonyl (C=O) groups is 2. The number of piperazine rings is 1. The van der Waals surface area contributed by atoms with Gasteiger partial charge in [0.25, 0.3) is 11.9 Å². The molecule has 3 heterocycles. The predicted octanol–water partition coefficient (Wildman–Crippen LogP) is 3.67. The second kappa shape index (κ2) is 12.1. The van der Waals surface area contributed by atoms with Crippen molar-refractivity contribution in [2.45, 2.75) is 0 Å². The normalized spacial score (nSPS) is 13.5. The third kappa shape index (κ3) is 6.49. The van der Waals surface area contributed by atoms with Gasteiger partial charge >= 0.3 is 0 Å². The third-order valence-corrected chi connectivity index (χ3v) is 5.72. The molecule has 2 aromatic carbocycles. The van der Waals surface area contributed by atoms with Crippen LogP contribution in [0.25, 0.3) is 10.8 Å². The van der Waals surface area contributed by atoms with E-state index in [-0.39, 0.29) is 5.69 Å². The highest BCUT2D eigenvalue weighted by Gasteiger charge is 2.21. The zero-order valence-corrected chi connectivity index (χ0v) is 21.1. The predicted molar refractivity (Wildman–Crippen MR) is 143 cm³/mol. The first kappa shape index (κ1) is 25.8. The molecule has 10 heteroatoms. The first-order valence-corrected chi connectivity index (χ1v) is 11.9. The number of anilines is 2. The van der Waals surface area contributed by atoms with Gasteiger partial charge in [0.05, 0.1) is 0 Å². The van der Waals surface area contributed by atoms with E-state index in [0.29, 0.717) is 28.9 Å². The molecule has 1 aliphatic rings. The first-order chi connectivity index (χ1) is 18.0. The summed E-state index contributed by atoms with van der Waals surface area (Å²) in [5.41, 5.74) is 0.809. The molecule has 10 nitrogen and oxygen atoms in total. The molecule has 2 N–H and O–H groups in total. The van der Waals surface area contributed by atoms with Crippen LogP contribution in [-0.2, 0) is 0 Å². The van der Waals surface area contributed by atoms with E-state index in [0.717, 1.165) is 43.2 Å². The molecule has 0 bridgehead atoms. The Morgan fingerprint density at radius 1 is 1.05 bits per heavy atom. The number of oxazole rings is 1. The number of amides is 1. The molecular weight excluding hydrogens is 472 g/mol. The summed E-state index contributed by atoms with van der Waals surface area (Å²) >= 11 is 0. The zero-order valence-electron chi connectivity index (χ0n) is 21.1. The highest BCUT2D eigenvalue weighted by molar-refractivity contribution is 6.02. The number of likely N-dealkylation sites (N-methyl/N-ethyl adjacent to an activating group) is 1. The van der Waals surface area contributed by atoms with Crippen molar-refractivity contribution < 1.29 is 18.7 Å². The van der Waals surface area contributed by atoms with E-state index >= 15 is 0 Å². The Morgan fingerprint density at radius 3 is 2.57 bits per heavy atom. The van der Waals surface area contributed by atoms with Crippen molar-refractivity contribution >= 4 is 34.8 Å². The number of nitrogens with one attached hydrogen (secondary N) is 2. The molecule has 1 saturated heterocycles. The quantitative estimate of drug-likeness (QED) is 0.381. The number of hydrogen-bond donors (Lipinski definition) is 2. The van der Waals surface area contributed by atoms with Gasteiger partial charge in [0.1, 0.15) is 23.6 Å². The van der Waals surface area contributed by atoms with Crippen molar-refractivity contribution in [3.05, 3.63) is 72.2 Å². The van der Waals surface area contributed by atoms with E-state index in [4.69, 9.17) is 9.15 Å². The molecule has 5 rings (SSSR count).